The number of hydrogen-bond donors (Lipinski definition) is 3. The van der Waals surface area contributed by atoms with Crippen LogP contribution in [0.4, 0.5) is 4.79 Å². The number of nitrogens with two attached hydrogens (primary N) is 1. The van der Waals surface area contributed by atoms with Gasteiger partial charge in [0.25, 0.3) is 0 Å². The van der Waals surface area contributed by atoms with Crippen LogP contribution < -0.4 is 15.9 Å². The molecule has 0 bridgehead atoms. The molecule has 2 aliphatic heterocycles. The lowest BCUT2D eigenvalue weighted by Gasteiger charge is -2.47. The molecule has 4 fully saturated rings. The summed E-state index contributed by atoms with van der Waals surface area (Å²) in [5.41, 5.74) is 7.94. The van der Waals surface area contributed by atoms with Crippen LogP contribution in [0.3, 0.4) is 0 Å². The Balaban J connectivity index is 1.44. The Morgan fingerprint density at radius 3 is 2.65 bits per heavy atom. The second-order valence-corrected chi connectivity index (χ2v) is 11.7. The SMILES string of the molecule is CN1C(=O)N(CC2CNN(CC(N)=O)C2)C(=O)C2CC(S(=O)(=O)NC3(C)CC3)CCC21. The highest BCUT2D eigenvalue weighted by Crippen LogP contribution is 2.39. The van der Waals surface area contributed by atoms with Crippen LogP contribution in [-0.4, -0.2) is 91.1 Å². The fourth-order valence-electron chi connectivity index (χ4n) is 5.03. The Morgan fingerprint density at radius 1 is 1.29 bits per heavy atom. The van der Waals surface area contributed by atoms with Crippen molar-refractivity contribution in [1.82, 2.24) is 25.0 Å². The van der Waals surface area contributed by atoms with Crippen LogP contribution >= 0.6 is 0 Å². The Hall–Kier alpha value is -1.76. The fraction of sp³-hybridized carbons (Fsp3) is 0.842. The number of hydrogen-bond acceptors (Lipinski definition) is 7. The first-order valence-corrected chi connectivity index (χ1v) is 12.4. The van der Waals surface area contributed by atoms with Gasteiger partial charge in [-0.3, -0.25) is 19.9 Å². The molecule has 4 atom stereocenters. The highest BCUT2D eigenvalue weighted by molar-refractivity contribution is 7.90. The molecule has 2 saturated carbocycles. The standard InChI is InChI=1S/C19H32N6O5S/c1-19(5-6-19)22-31(29,30)13-3-4-15-14(7-13)17(27)25(18(28)23(15)2)10-12-8-21-24(9-12)11-16(20)26/h12-15,21-22H,3-11H2,1-2H3,(H2,20,26). The summed E-state index contributed by atoms with van der Waals surface area (Å²) in [6.45, 7) is 3.21. The van der Waals surface area contributed by atoms with Gasteiger partial charge in [-0.2, -0.15) is 0 Å². The van der Waals surface area contributed by atoms with E-state index < -0.39 is 27.1 Å². The zero-order chi connectivity index (χ0) is 22.6. The number of primary amides is 1. The maximum absolute atomic E-state index is 13.3. The second kappa shape index (κ2) is 7.98. The molecular formula is C19H32N6O5S. The van der Waals surface area contributed by atoms with Gasteiger partial charge >= 0.3 is 6.03 Å². The summed E-state index contributed by atoms with van der Waals surface area (Å²) < 4.78 is 28.6. The Bertz CT molecular complexity index is 875. The number of rotatable bonds is 7. The molecule has 4 rings (SSSR count). The second-order valence-electron chi connectivity index (χ2n) is 9.73. The maximum atomic E-state index is 13.3. The number of carbonyl (C=O) groups excluding carboxylic acids is 3. The summed E-state index contributed by atoms with van der Waals surface area (Å²) in [5, 5.41) is 1.06. The third-order valence-corrected chi connectivity index (χ3v) is 9.16. The molecule has 2 saturated heterocycles. The highest BCUT2D eigenvalue weighted by Gasteiger charge is 2.51. The third-order valence-electron chi connectivity index (χ3n) is 7.08. The number of nitrogens with zero attached hydrogens (tertiary/aromatic N) is 3. The predicted octanol–water partition coefficient (Wildman–Crippen LogP) is -1.19. The summed E-state index contributed by atoms with van der Waals surface area (Å²) in [6.07, 6.45) is 2.81. The van der Waals surface area contributed by atoms with E-state index in [2.05, 4.69) is 10.1 Å². The van der Waals surface area contributed by atoms with Crippen molar-refractivity contribution in [2.45, 2.75) is 55.9 Å². The largest absolute Gasteiger partial charge is 0.369 e. The fourth-order valence-corrected chi connectivity index (χ4v) is 6.99. The highest BCUT2D eigenvalue weighted by atomic mass is 32.2. The molecule has 4 N–H and O–H groups in total. The van der Waals surface area contributed by atoms with Crippen molar-refractivity contribution in [3.05, 3.63) is 0 Å². The third kappa shape index (κ3) is 4.57. The molecule has 174 valence electrons. The van der Waals surface area contributed by atoms with Gasteiger partial charge in [-0.25, -0.2) is 22.9 Å². The number of carbonyl (C=O) groups is 3. The molecule has 0 aromatic rings. The van der Waals surface area contributed by atoms with Crippen molar-refractivity contribution in [2.75, 3.05) is 33.2 Å². The molecule has 4 unspecified atom stereocenters. The molecule has 2 heterocycles. The summed E-state index contributed by atoms with van der Waals surface area (Å²) in [4.78, 5) is 40.2. The van der Waals surface area contributed by atoms with Gasteiger partial charge < -0.3 is 10.6 Å². The molecule has 0 radical (unpaired) electrons. The van der Waals surface area contributed by atoms with Crippen molar-refractivity contribution in [3.8, 4) is 0 Å². The first-order chi connectivity index (χ1) is 14.5. The van der Waals surface area contributed by atoms with E-state index in [1.165, 1.54) is 4.90 Å². The lowest BCUT2D eigenvalue weighted by molar-refractivity contribution is -0.140. The number of imide groups is 1. The van der Waals surface area contributed by atoms with Gasteiger partial charge in [0.15, 0.2) is 0 Å². The van der Waals surface area contributed by atoms with Crippen LogP contribution in [0.15, 0.2) is 0 Å². The van der Waals surface area contributed by atoms with E-state index in [4.69, 9.17) is 5.73 Å². The smallest absolute Gasteiger partial charge is 0.326 e. The first kappa shape index (κ1) is 22.4. The molecule has 4 amide bonds. The van der Waals surface area contributed by atoms with Gasteiger partial charge in [-0.05, 0) is 39.0 Å². The molecule has 0 aromatic carbocycles. The number of hydrazine groups is 1. The van der Waals surface area contributed by atoms with E-state index in [-0.39, 0.29) is 48.9 Å². The van der Waals surface area contributed by atoms with Gasteiger partial charge in [0.2, 0.25) is 21.8 Å². The molecule has 0 aromatic heterocycles. The van der Waals surface area contributed by atoms with Gasteiger partial charge in [-0.1, -0.05) is 0 Å². The Kier molecular flexibility index (Phi) is 5.78. The van der Waals surface area contributed by atoms with Crippen molar-refractivity contribution in [1.29, 1.82) is 0 Å². The van der Waals surface area contributed by atoms with Crippen LogP contribution in [0, 0.1) is 11.8 Å². The van der Waals surface area contributed by atoms with Gasteiger partial charge in [0.05, 0.1) is 17.7 Å². The van der Waals surface area contributed by atoms with E-state index in [1.807, 2.05) is 6.92 Å². The van der Waals surface area contributed by atoms with Crippen LogP contribution in [-0.2, 0) is 19.6 Å². The molecule has 12 heteroatoms. The minimum absolute atomic E-state index is 0.0307. The maximum Gasteiger partial charge on any atom is 0.326 e. The Labute approximate surface area is 182 Å². The van der Waals surface area contributed by atoms with Gasteiger partial charge in [0.1, 0.15) is 0 Å². The van der Waals surface area contributed by atoms with Crippen LogP contribution in [0.2, 0.25) is 0 Å². The zero-order valence-electron chi connectivity index (χ0n) is 18.0. The molecular weight excluding hydrogens is 424 g/mol. The normalized spacial score (nSPS) is 33.5. The number of nitrogens with one attached hydrogen (secondary N) is 2. The summed E-state index contributed by atoms with van der Waals surface area (Å²) in [7, 11) is -1.84. The van der Waals surface area contributed by atoms with Crippen LogP contribution in [0.25, 0.3) is 0 Å². The molecule has 0 spiro atoms. The summed E-state index contributed by atoms with van der Waals surface area (Å²) in [5.74, 6) is -1.30. The van der Waals surface area contributed by atoms with Crippen molar-refractivity contribution >= 4 is 27.9 Å². The van der Waals surface area contributed by atoms with Crippen LogP contribution in [0.1, 0.15) is 39.0 Å². The lowest BCUT2D eigenvalue weighted by Crippen LogP contribution is -2.63. The monoisotopic (exact) mass is 456 g/mol. The lowest BCUT2D eigenvalue weighted by atomic mass is 9.81. The number of fused-ring (bicyclic) bond motifs is 1. The van der Waals surface area contributed by atoms with Crippen molar-refractivity contribution in [2.24, 2.45) is 17.6 Å². The molecule has 31 heavy (non-hydrogen) atoms. The number of sulfonamides is 1. The van der Waals surface area contributed by atoms with Crippen molar-refractivity contribution < 1.29 is 22.8 Å². The van der Waals surface area contributed by atoms with Gasteiger partial charge in [0, 0.05) is 44.2 Å². The van der Waals surface area contributed by atoms with E-state index in [0.717, 1.165) is 12.8 Å². The van der Waals surface area contributed by atoms with Gasteiger partial charge in [-0.15, -0.1) is 0 Å². The van der Waals surface area contributed by atoms with E-state index in [1.54, 1.807) is 17.0 Å². The quantitative estimate of drug-likeness (QED) is 0.437. The van der Waals surface area contributed by atoms with Crippen molar-refractivity contribution in [3.63, 3.8) is 0 Å². The summed E-state index contributed by atoms with van der Waals surface area (Å²) >= 11 is 0. The zero-order valence-corrected chi connectivity index (χ0v) is 18.9. The van der Waals surface area contributed by atoms with Crippen LogP contribution in [0.5, 0.6) is 0 Å². The molecule has 2 aliphatic carbocycles. The van der Waals surface area contributed by atoms with E-state index >= 15 is 0 Å². The number of amides is 4. The Morgan fingerprint density at radius 2 is 2.00 bits per heavy atom. The molecule has 11 nitrogen and oxygen atoms in total. The minimum atomic E-state index is -3.53. The molecule has 4 aliphatic rings. The number of urea groups is 1. The predicted molar refractivity (Wildman–Crippen MR) is 112 cm³/mol. The van der Waals surface area contributed by atoms with E-state index in [0.29, 0.717) is 25.9 Å². The first-order valence-electron chi connectivity index (χ1n) is 10.9. The topological polar surface area (TPSA) is 145 Å². The average molecular weight is 457 g/mol. The van der Waals surface area contributed by atoms with E-state index in [9.17, 15) is 22.8 Å². The summed E-state index contributed by atoms with van der Waals surface area (Å²) in [6, 6.07) is -0.614. The average Bonchev–Trinajstić information content (AvgIpc) is 3.24. The minimum Gasteiger partial charge on any atom is -0.369 e.